The quantitative estimate of drug-likeness (QED) is 0.851. The number of hydrogen-bond donors (Lipinski definition) is 1. The summed E-state index contributed by atoms with van der Waals surface area (Å²) in [4.78, 5) is 4.22. The van der Waals surface area contributed by atoms with Crippen molar-refractivity contribution in [1.29, 1.82) is 0 Å². The molecule has 0 aromatic carbocycles. The minimum Gasteiger partial charge on any atom is -0.330 e. The van der Waals surface area contributed by atoms with E-state index in [2.05, 4.69) is 36.3 Å². The number of thiophene rings is 1. The first-order valence-corrected chi connectivity index (χ1v) is 8.18. The Balaban J connectivity index is 2.15. The lowest BCUT2D eigenvalue weighted by molar-refractivity contribution is 0.113. The van der Waals surface area contributed by atoms with E-state index in [-0.39, 0.29) is 0 Å². The fourth-order valence-electron chi connectivity index (χ4n) is 3.49. The van der Waals surface area contributed by atoms with Crippen LogP contribution in [0.5, 0.6) is 0 Å². The van der Waals surface area contributed by atoms with Gasteiger partial charge < -0.3 is 5.73 Å². The van der Waals surface area contributed by atoms with E-state index in [1.807, 2.05) is 11.3 Å². The summed E-state index contributed by atoms with van der Waals surface area (Å²) in [6.07, 6.45) is 5.20. The van der Waals surface area contributed by atoms with Crippen molar-refractivity contribution in [3.05, 3.63) is 22.4 Å². The van der Waals surface area contributed by atoms with Gasteiger partial charge in [0.1, 0.15) is 0 Å². The highest BCUT2D eigenvalue weighted by atomic mass is 32.1. The normalized spacial score (nSPS) is 25.8. The Kier molecular flexibility index (Phi) is 5.22. The summed E-state index contributed by atoms with van der Waals surface area (Å²) >= 11 is 1.89. The average molecular weight is 266 g/mol. The molecule has 1 aliphatic rings. The van der Waals surface area contributed by atoms with Gasteiger partial charge in [0, 0.05) is 17.0 Å². The SMILES string of the molecule is CCC(c1cccs1)N(CC)C1CCCC1CN. The Morgan fingerprint density at radius 1 is 1.44 bits per heavy atom. The van der Waals surface area contributed by atoms with Crippen molar-refractivity contribution < 1.29 is 0 Å². The highest BCUT2D eigenvalue weighted by molar-refractivity contribution is 7.10. The first-order chi connectivity index (χ1) is 8.81. The molecule has 0 spiro atoms. The molecule has 1 aliphatic carbocycles. The van der Waals surface area contributed by atoms with Crippen molar-refractivity contribution in [1.82, 2.24) is 4.90 Å². The molecule has 18 heavy (non-hydrogen) atoms. The minimum absolute atomic E-state index is 0.590. The van der Waals surface area contributed by atoms with Crippen molar-refractivity contribution in [3.8, 4) is 0 Å². The molecule has 0 radical (unpaired) electrons. The molecule has 1 heterocycles. The van der Waals surface area contributed by atoms with Crippen molar-refractivity contribution in [2.24, 2.45) is 11.7 Å². The van der Waals surface area contributed by atoms with E-state index in [4.69, 9.17) is 5.73 Å². The van der Waals surface area contributed by atoms with Gasteiger partial charge in [-0.1, -0.05) is 26.3 Å². The summed E-state index contributed by atoms with van der Waals surface area (Å²) in [5.41, 5.74) is 5.95. The first kappa shape index (κ1) is 14.0. The van der Waals surface area contributed by atoms with Crippen LogP contribution in [-0.2, 0) is 0 Å². The molecule has 3 unspecified atom stereocenters. The predicted octanol–water partition coefficient (Wildman–Crippen LogP) is 3.65. The lowest BCUT2D eigenvalue weighted by Gasteiger charge is -2.37. The van der Waals surface area contributed by atoms with E-state index >= 15 is 0 Å². The van der Waals surface area contributed by atoms with Crippen LogP contribution in [0.1, 0.15) is 50.4 Å². The maximum Gasteiger partial charge on any atom is 0.0441 e. The maximum absolute atomic E-state index is 5.95. The van der Waals surface area contributed by atoms with Gasteiger partial charge in [0.15, 0.2) is 0 Å². The first-order valence-electron chi connectivity index (χ1n) is 7.31. The summed E-state index contributed by atoms with van der Waals surface area (Å²) < 4.78 is 0. The van der Waals surface area contributed by atoms with Crippen LogP contribution in [0.4, 0.5) is 0 Å². The molecule has 2 nitrogen and oxygen atoms in total. The summed E-state index contributed by atoms with van der Waals surface area (Å²) in [5, 5.41) is 2.20. The van der Waals surface area contributed by atoms with Crippen LogP contribution in [0.2, 0.25) is 0 Å². The molecule has 102 valence electrons. The molecule has 1 aromatic heterocycles. The summed E-state index contributed by atoms with van der Waals surface area (Å²) in [6.45, 7) is 6.58. The second-order valence-electron chi connectivity index (χ2n) is 5.26. The van der Waals surface area contributed by atoms with Gasteiger partial charge in [-0.3, -0.25) is 4.90 Å². The third-order valence-electron chi connectivity index (χ3n) is 4.37. The topological polar surface area (TPSA) is 29.3 Å². The Morgan fingerprint density at radius 2 is 2.28 bits per heavy atom. The minimum atomic E-state index is 0.590. The lowest BCUT2D eigenvalue weighted by atomic mass is 9.99. The molecule has 3 atom stereocenters. The summed E-state index contributed by atoms with van der Waals surface area (Å²) in [7, 11) is 0. The Bertz CT molecular complexity index is 336. The van der Waals surface area contributed by atoms with Crippen LogP contribution >= 0.6 is 11.3 Å². The highest BCUT2D eigenvalue weighted by Crippen LogP contribution is 2.37. The third-order valence-corrected chi connectivity index (χ3v) is 5.35. The van der Waals surface area contributed by atoms with E-state index in [9.17, 15) is 0 Å². The van der Waals surface area contributed by atoms with Crippen LogP contribution in [0.15, 0.2) is 17.5 Å². The molecule has 1 fully saturated rings. The molecule has 1 saturated carbocycles. The zero-order valence-corrected chi connectivity index (χ0v) is 12.5. The van der Waals surface area contributed by atoms with E-state index in [0.29, 0.717) is 18.0 Å². The predicted molar refractivity (Wildman–Crippen MR) is 79.9 cm³/mol. The van der Waals surface area contributed by atoms with Crippen LogP contribution in [0.3, 0.4) is 0 Å². The van der Waals surface area contributed by atoms with Crippen LogP contribution in [0, 0.1) is 5.92 Å². The smallest absolute Gasteiger partial charge is 0.0441 e. The number of nitrogens with two attached hydrogens (primary N) is 1. The zero-order chi connectivity index (χ0) is 13.0. The van der Waals surface area contributed by atoms with Gasteiger partial charge in [-0.05, 0) is 49.7 Å². The molecule has 0 bridgehead atoms. The molecule has 2 N–H and O–H groups in total. The second-order valence-corrected chi connectivity index (χ2v) is 6.24. The van der Waals surface area contributed by atoms with Crippen LogP contribution < -0.4 is 5.73 Å². The fourth-order valence-corrected chi connectivity index (χ4v) is 4.43. The number of nitrogens with zero attached hydrogens (tertiary/aromatic N) is 1. The molecule has 0 saturated heterocycles. The van der Waals surface area contributed by atoms with Crippen molar-refractivity contribution in [2.75, 3.05) is 13.1 Å². The molecule has 1 aromatic rings. The van der Waals surface area contributed by atoms with Crippen LogP contribution in [0.25, 0.3) is 0 Å². The Labute approximate surface area is 115 Å². The molecule has 2 rings (SSSR count). The molecule has 0 aliphatic heterocycles. The molecule has 3 heteroatoms. The van der Waals surface area contributed by atoms with E-state index in [1.54, 1.807) is 0 Å². The van der Waals surface area contributed by atoms with Gasteiger partial charge >= 0.3 is 0 Å². The molecular weight excluding hydrogens is 240 g/mol. The standard InChI is InChI=1S/C15H26N2S/c1-3-13(15-9-6-10-18-15)17(4-2)14-8-5-7-12(14)11-16/h6,9-10,12-14H,3-5,7-8,11,16H2,1-2H3. The van der Waals surface area contributed by atoms with Gasteiger partial charge in [0.25, 0.3) is 0 Å². The average Bonchev–Trinajstić information content (AvgIpc) is 3.06. The summed E-state index contributed by atoms with van der Waals surface area (Å²) in [5.74, 6) is 0.707. The van der Waals surface area contributed by atoms with E-state index in [0.717, 1.165) is 13.1 Å². The van der Waals surface area contributed by atoms with Crippen molar-refractivity contribution in [3.63, 3.8) is 0 Å². The third kappa shape index (κ3) is 2.79. The van der Waals surface area contributed by atoms with E-state index < -0.39 is 0 Å². The fraction of sp³-hybridized carbons (Fsp3) is 0.733. The van der Waals surface area contributed by atoms with Gasteiger partial charge in [-0.15, -0.1) is 11.3 Å². The second kappa shape index (κ2) is 6.69. The Morgan fingerprint density at radius 3 is 2.83 bits per heavy atom. The van der Waals surface area contributed by atoms with Gasteiger partial charge in [0.2, 0.25) is 0 Å². The van der Waals surface area contributed by atoms with E-state index in [1.165, 1.54) is 30.6 Å². The van der Waals surface area contributed by atoms with Gasteiger partial charge in [0.05, 0.1) is 0 Å². The summed E-state index contributed by atoms with van der Waals surface area (Å²) in [6, 6.07) is 5.75. The molecule has 0 amide bonds. The van der Waals surface area contributed by atoms with Gasteiger partial charge in [-0.25, -0.2) is 0 Å². The Hall–Kier alpha value is -0.380. The molecular formula is C15H26N2S. The van der Waals surface area contributed by atoms with Crippen molar-refractivity contribution >= 4 is 11.3 Å². The number of rotatable bonds is 6. The largest absolute Gasteiger partial charge is 0.330 e. The van der Waals surface area contributed by atoms with Crippen molar-refractivity contribution in [2.45, 2.75) is 51.6 Å². The monoisotopic (exact) mass is 266 g/mol. The highest BCUT2D eigenvalue weighted by Gasteiger charge is 2.34. The lowest BCUT2D eigenvalue weighted by Crippen LogP contribution is -2.42. The zero-order valence-electron chi connectivity index (χ0n) is 11.6. The van der Waals surface area contributed by atoms with Crippen LogP contribution in [-0.4, -0.2) is 24.0 Å². The van der Waals surface area contributed by atoms with Gasteiger partial charge in [-0.2, -0.15) is 0 Å². The number of hydrogen-bond acceptors (Lipinski definition) is 3. The maximum atomic E-state index is 5.95.